The molecule has 6 nitrogen and oxygen atoms in total. The Morgan fingerprint density at radius 1 is 1.13 bits per heavy atom. The third kappa shape index (κ3) is 4.01. The minimum atomic E-state index is -0.803. The number of benzene rings is 1. The zero-order valence-electron chi connectivity index (χ0n) is 17.6. The van der Waals surface area contributed by atoms with Gasteiger partial charge in [0.15, 0.2) is 5.76 Å². The molecule has 3 aliphatic rings. The zero-order chi connectivity index (χ0) is 20.6. The normalized spacial score (nSPS) is 25.2. The lowest BCUT2D eigenvalue weighted by atomic mass is 9.83. The van der Waals surface area contributed by atoms with Crippen molar-refractivity contribution in [2.24, 2.45) is 0 Å². The molecule has 5 rings (SSSR count). The Morgan fingerprint density at radius 3 is 2.67 bits per heavy atom. The van der Waals surface area contributed by atoms with Crippen LogP contribution >= 0.6 is 0 Å². The number of hydrogen-bond donors (Lipinski definition) is 2. The van der Waals surface area contributed by atoms with Gasteiger partial charge in [-0.15, -0.1) is 0 Å². The number of nitrogens with one attached hydrogen (secondary N) is 1. The van der Waals surface area contributed by atoms with Gasteiger partial charge in [-0.3, -0.25) is 4.79 Å². The third-order valence-electron chi connectivity index (χ3n) is 7.26. The summed E-state index contributed by atoms with van der Waals surface area (Å²) in [4.78, 5) is 15.0. The Hall–Kier alpha value is -1.89. The van der Waals surface area contributed by atoms with Crippen LogP contribution in [0.3, 0.4) is 0 Å². The Bertz CT molecular complexity index is 888. The summed E-state index contributed by atoms with van der Waals surface area (Å²) in [6.45, 7) is 3.18. The van der Waals surface area contributed by atoms with Crippen LogP contribution in [0, 0.1) is 0 Å². The Labute approximate surface area is 177 Å². The molecule has 1 saturated carbocycles. The molecule has 30 heavy (non-hydrogen) atoms. The molecular weight excluding hydrogens is 380 g/mol. The van der Waals surface area contributed by atoms with Crippen molar-refractivity contribution >= 4 is 16.9 Å². The highest BCUT2D eigenvalue weighted by Gasteiger charge is 2.36. The first kappa shape index (κ1) is 20.0. The van der Waals surface area contributed by atoms with E-state index in [-0.39, 0.29) is 12.0 Å². The average molecular weight is 413 g/mol. The molecule has 162 valence electrons. The highest BCUT2D eigenvalue weighted by Crippen LogP contribution is 2.37. The first-order valence-electron chi connectivity index (χ1n) is 11.5. The van der Waals surface area contributed by atoms with Gasteiger partial charge in [0.2, 0.25) is 0 Å². The van der Waals surface area contributed by atoms with Gasteiger partial charge in [-0.1, -0.05) is 18.9 Å². The van der Waals surface area contributed by atoms with Gasteiger partial charge in [-0.25, -0.2) is 0 Å². The maximum atomic E-state index is 12.5. The predicted molar refractivity (Wildman–Crippen MR) is 114 cm³/mol. The number of furan rings is 1. The summed E-state index contributed by atoms with van der Waals surface area (Å²) in [6, 6.07) is 8.30. The van der Waals surface area contributed by atoms with Crippen LogP contribution in [0.25, 0.3) is 11.0 Å². The summed E-state index contributed by atoms with van der Waals surface area (Å²) in [7, 11) is 0. The maximum Gasteiger partial charge on any atom is 0.287 e. The molecule has 3 heterocycles. The lowest BCUT2D eigenvalue weighted by molar-refractivity contribution is -0.0349. The number of ether oxygens (including phenoxy) is 1. The number of piperidine rings is 1. The van der Waals surface area contributed by atoms with Crippen LogP contribution in [0.5, 0.6) is 0 Å². The maximum absolute atomic E-state index is 12.5. The van der Waals surface area contributed by atoms with Gasteiger partial charge in [-0.2, -0.15) is 0 Å². The fraction of sp³-hybridized carbons (Fsp3) is 0.625. The minimum absolute atomic E-state index is 0.106. The van der Waals surface area contributed by atoms with Gasteiger partial charge in [0.05, 0.1) is 11.7 Å². The second kappa shape index (κ2) is 8.33. The molecular formula is C24H32N2O4. The van der Waals surface area contributed by atoms with Crippen LogP contribution in [0.1, 0.15) is 67.5 Å². The molecule has 2 aliphatic heterocycles. The van der Waals surface area contributed by atoms with E-state index in [2.05, 4.69) is 10.2 Å². The van der Waals surface area contributed by atoms with Crippen molar-refractivity contribution in [1.29, 1.82) is 0 Å². The zero-order valence-corrected chi connectivity index (χ0v) is 17.6. The van der Waals surface area contributed by atoms with Crippen LogP contribution in [-0.4, -0.2) is 54.3 Å². The summed E-state index contributed by atoms with van der Waals surface area (Å²) >= 11 is 0. The molecule has 0 spiro atoms. The van der Waals surface area contributed by atoms with E-state index in [4.69, 9.17) is 9.15 Å². The first-order valence-corrected chi connectivity index (χ1v) is 11.5. The number of fused-ring (bicyclic) bond motifs is 1. The number of aliphatic hydroxyl groups is 1. The minimum Gasteiger partial charge on any atom is -0.451 e. The molecule has 1 aromatic heterocycles. The van der Waals surface area contributed by atoms with Crippen LogP contribution < -0.4 is 5.32 Å². The van der Waals surface area contributed by atoms with E-state index in [9.17, 15) is 9.90 Å². The Morgan fingerprint density at radius 2 is 1.93 bits per heavy atom. The predicted octanol–water partition coefficient (Wildman–Crippen LogP) is 3.57. The van der Waals surface area contributed by atoms with Crippen LogP contribution in [0.4, 0.5) is 0 Å². The van der Waals surface area contributed by atoms with Crippen molar-refractivity contribution in [3.63, 3.8) is 0 Å². The summed E-state index contributed by atoms with van der Waals surface area (Å²) in [6.07, 6.45) is 8.93. The molecule has 2 saturated heterocycles. The van der Waals surface area contributed by atoms with Gasteiger partial charge in [-0.05, 0) is 62.3 Å². The van der Waals surface area contributed by atoms with Crippen molar-refractivity contribution < 1.29 is 19.1 Å². The van der Waals surface area contributed by atoms with E-state index in [0.29, 0.717) is 23.9 Å². The smallest absolute Gasteiger partial charge is 0.287 e. The number of nitrogens with zero attached hydrogens (tertiary/aromatic N) is 1. The van der Waals surface area contributed by atoms with E-state index in [1.807, 2.05) is 18.2 Å². The summed E-state index contributed by atoms with van der Waals surface area (Å²) in [5.41, 5.74) is 0.796. The second-order valence-electron chi connectivity index (χ2n) is 9.21. The lowest BCUT2D eigenvalue weighted by Crippen LogP contribution is -2.46. The molecule has 0 unspecified atom stereocenters. The van der Waals surface area contributed by atoms with Crippen molar-refractivity contribution in [1.82, 2.24) is 10.2 Å². The van der Waals surface area contributed by atoms with Crippen LogP contribution in [0.2, 0.25) is 0 Å². The second-order valence-corrected chi connectivity index (χ2v) is 9.21. The fourth-order valence-electron chi connectivity index (χ4n) is 5.36. The van der Waals surface area contributed by atoms with E-state index >= 15 is 0 Å². The molecule has 1 aliphatic carbocycles. The van der Waals surface area contributed by atoms with Gasteiger partial charge >= 0.3 is 0 Å². The van der Waals surface area contributed by atoms with Crippen molar-refractivity contribution in [3.05, 3.63) is 35.6 Å². The fourth-order valence-corrected chi connectivity index (χ4v) is 5.36. The standard InChI is InChI=1S/C24H32N2O4/c27-23(25-16-20-6-3-13-29-20)22-15-17-14-18(7-8-21(17)30-22)24(28)9-11-26(12-10-24)19-4-1-2-5-19/h7-8,14-15,19-20,28H,1-6,9-13,16H2,(H,25,27)/t20-/m0/s1. The number of carbonyl (C=O) groups excluding carboxylic acids is 1. The summed E-state index contributed by atoms with van der Waals surface area (Å²) < 4.78 is 11.3. The largest absolute Gasteiger partial charge is 0.451 e. The molecule has 0 bridgehead atoms. The van der Waals surface area contributed by atoms with Crippen molar-refractivity contribution in [3.8, 4) is 0 Å². The molecule has 0 radical (unpaired) electrons. The molecule has 1 atom stereocenters. The third-order valence-corrected chi connectivity index (χ3v) is 7.26. The van der Waals surface area contributed by atoms with E-state index < -0.39 is 5.60 Å². The number of hydrogen-bond acceptors (Lipinski definition) is 5. The van der Waals surface area contributed by atoms with Crippen molar-refractivity contribution in [2.45, 2.75) is 69.1 Å². The number of carbonyl (C=O) groups is 1. The quantitative estimate of drug-likeness (QED) is 0.785. The van der Waals surface area contributed by atoms with Crippen molar-refractivity contribution in [2.75, 3.05) is 26.2 Å². The SMILES string of the molecule is O=C(NC[C@@H]1CCCO1)c1cc2cc(C3(O)CCN(C4CCCC4)CC3)ccc2o1. The highest BCUT2D eigenvalue weighted by molar-refractivity contribution is 5.96. The van der Waals surface area contributed by atoms with Gasteiger partial charge in [0.1, 0.15) is 5.58 Å². The monoisotopic (exact) mass is 412 g/mol. The van der Waals surface area contributed by atoms with Gasteiger partial charge in [0, 0.05) is 37.7 Å². The topological polar surface area (TPSA) is 74.9 Å². The molecule has 1 amide bonds. The molecule has 6 heteroatoms. The Balaban J connectivity index is 1.26. The van der Waals surface area contributed by atoms with Crippen LogP contribution in [0.15, 0.2) is 28.7 Å². The first-order chi connectivity index (χ1) is 14.6. The van der Waals surface area contributed by atoms with Crippen LogP contribution in [-0.2, 0) is 10.3 Å². The molecule has 2 N–H and O–H groups in total. The molecule has 2 aromatic rings. The van der Waals surface area contributed by atoms with E-state index in [1.54, 1.807) is 6.07 Å². The van der Waals surface area contributed by atoms with E-state index in [1.165, 1.54) is 25.7 Å². The highest BCUT2D eigenvalue weighted by atomic mass is 16.5. The number of likely N-dealkylation sites (tertiary alicyclic amines) is 1. The lowest BCUT2D eigenvalue weighted by Gasteiger charge is -2.41. The van der Waals surface area contributed by atoms with Gasteiger partial charge < -0.3 is 24.5 Å². The number of rotatable bonds is 5. The van der Waals surface area contributed by atoms with Gasteiger partial charge in [0.25, 0.3) is 5.91 Å². The summed E-state index contributed by atoms with van der Waals surface area (Å²) in [5, 5.41) is 15.1. The molecule has 1 aromatic carbocycles. The molecule has 3 fully saturated rings. The average Bonchev–Trinajstić information content (AvgIpc) is 3.53. The number of amides is 1. The Kier molecular flexibility index (Phi) is 5.56. The summed E-state index contributed by atoms with van der Waals surface area (Å²) in [5.74, 6) is 0.0926. The van der Waals surface area contributed by atoms with E-state index in [0.717, 1.165) is 56.3 Å².